The maximum absolute atomic E-state index is 14.0. The van der Waals surface area contributed by atoms with Gasteiger partial charge in [-0.3, -0.25) is 4.79 Å². The van der Waals surface area contributed by atoms with E-state index >= 15 is 0 Å². The zero-order valence-electron chi connectivity index (χ0n) is 19.0. The number of halogens is 1. The first-order valence-electron chi connectivity index (χ1n) is 10.7. The molecule has 0 spiro atoms. The van der Waals surface area contributed by atoms with Crippen molar-refractivity contribution < 1.29 is 22.3 Å². The molecule has 1 fully saturated rings. The van der Waals surface area contributed by atoms with E-state index in [0.29, 0.717) is 12.5 Å². The van der Waals surface area contributed by atoms with Gasteiger partial charge in [-0.15, -0.1) is 0 Å². The molecule has 0 saturated carbocycles. The van der Waals surface area contributed by atoms with Crippen molar-refractivity contribution in [2.24, 2.45) is 11.7 Å². The molecule has 3 heterocycles. The van der Waals surface area contributed by atoms with E-state index in [2.05, 4.69) is 16.9 Å². The lowest BCUT2D eigenvalue weighted by Gasteiger charge is -2.33. The van der Waals surface area contributed by atoms with Gasteiger partial charge in [0.05, 0.1) is 4.90 Å². The Bertz CT molecular complexity index is 1360. The fourth-order valence-electron chi connectivity index (χ4n) is 4.41. The predicted molar refractivity (Wildman–Crippen MR) is 124 cm³/mol. The molecule has 0 aliphatic carbocycles. The number of rotatable bonds is 6. The number of anilines is 1. The van der Waals surface area contributed by atoms with Gasteiger partial charge in [0.1, 0.15) is 11.4 Å². The lowest BCUT2D eigenvalue weighted by molar-refractivity contribution is 0.0997. The lowest BCUT2D eigenvalue weighted by atomic mass is 9.97. The van der Waals surface area contributed by atoms with E-state index in [0.717, 1.165) is 6.42 Å². The fraction of sp³-hybridized carbons (Fsp3) is 0.292. The summed E-state index contributed by atoms with van der Waals surface area (Å²) in [4.78, 5) is 22.5. The van der Waals surface area contributed by atoms with Crippen molar-refractivity contribution >= 4 is 21.6 Å². The van der Waals surface area contributed by atoms with Crippen LogP contribution in [0.25, 0.3) is 0 Å². The summed E-state index contributed by atoms with van der Waals surface area (Å²) in [6, 6.07) is 11.0. The number of amides is 1. The van der Waals surface area contributed by atoms with Crippen molar-refractivity contribution in [2.75, 3.05) is 11.4 Å². The predicted octanol–water partition coefficient (Wildman–Crippen LogP) is 3.96. The van der Waals surface area contributed by atoms with Gasteiger partial charge in [0.25, 0.3) is 5.91 Å². The SMILES string of the molecule is CC1CN(c2nccc(S(=O)(=O)c3cccc(Oc4ccccc4F)n3)c2C(N)=O)C(C)(C)C1. The Balaban J connectivity index is 1.79. The molecule has 1 aliphatic rings. The molecule has 2 aromatic heterocycles. The molecular weight excluding hydrogens is 459 g/mol. The van der Waals surface area contributed by atoms with E-state index in [1.165, 1.54) is 48.7 Å². The first-order chi connectivity index (χ1) is 16.0. The van der Waals surface area contributed by atoms with Crippen molar-refractivity contribution in [1.29, 1.82) is 0 Å². The molecule has 0 radical (unpaired) electrons. The third-order valence-electron chi connectivity index (χ3n) is 5.78. The van der Waals surface area contributed by atoms with Crippen LogP contribution in [0.15, 0.2) is 64.6 Å². The van der Waals surface area contributed by atoms with Crippen LogP contribution in [0.4, 0.5) is 10.2 Å². The average molecular weight is 485 g/mol. The van der Waals surface area contributed by atoms with Gasteiger partial charge in [-0.05, 0) is 50.5 Å². The largest absolute Gasteiger partial charge is 0.436 e. The number of hydrogen-bond acceptors (Lipinski definition) is 7. The van der Waals surface area contributed by atoms with Crippen LogP contribution in [-0.2, 0) is 9.84 Å². The Morgan fingerprint density at radius 1 is 1.18 bits per heavy atom. The van der Waals surface area contributed by atoms with Crippen LogP contribution in [0.5, 0.6) is 11.6 Å². The Morgan fingerprint density at radius 3 is 2.56 bits per heavy atom. The molecule has 34 heavy (non-hydrogen) atoms. The Kier molecular flexibility index (Phi) is 6.03. The molecule has 1 aliphatic heterocycles. The Hall–Kier alpha value is -3.53. The first kappa shape index (κ1) is 23.6. The van der Waals surface area contributed by atoms with Crippen molar-refractivity contribution in [3.8, 4) is 11.6 Å². The third kappa shape index (κ3) is 4.33. The number of pyridine rings is 2. The number of carbonyl (C=O) groups excluding carboxylic acids is 1. The molecule has 3 aromatic rings. The van der Waals surface area contributed by atoms with Gasteiger partial charge >= 0.3 is 0 Å². The van der Waals surface area contributed by atoms with E-state index < -0.39 is 21.6 Å². The number of para-hydroxylation sites is 1. The monoisotopic (exact) mass is 484 g/mol. The van der Waals surface area contributed by atoms with Gasteiger partial charge in [0.2, 0.25) is 15.7 Å². The summed E-state index contributed by atoms with van der Waals surface area (Å²) in [7, 11) is -4.29. The second-order valence-electron chi connectivity index (χ2n) is 8.95. The molecule has 1 atom stereocenters. The number of carbonyl (C=O) groups is 1. The van der Waals surface area contributed by atoms with Crippen molar-refractivity contribution in [1.82, 2.24) is 9.97 Å². The van der Waals surface area contributed by atoms with Crippen LogP contribution in [0.1, 0.15) is 37.6 Å². The summed E-state index contributed by atoms with van der Waals surface area (Å²) in [6.07, 6.45) is 2.19. The molecule has 0 bridgehead atoms. The first-order valence-corrected chi connectivity index (χ1v) is 12.2. The van der Waals surface area contributed by atoms with E-state index in [4.69, 9.17) is 10.5 Å². The molecule has 1 unspecified atom stereocenters. The van der Waals surface area contributed by atoms with Gasteiger partial charge < -0.3 is 15.4 Å². The molecular formula is C24H25FN4O4S. The van der Waals surface area contributed by atoms with Gasteiger partial charge in [0.15, 0.2) is 16.6 Å². The van der Waals surface area contributed by atoms with Crippen LogP contribution in [0.2, 0.25) is 0 Å². The Morgan fingerprint density at radius 2 is 1.91 bits per heavy atom. The van der Waals surface area contributed by atoms with Crippen LogP contribution in [0.3, 0.4) is 0 Å². The minimum absolute atomic E-state index is 0.0982. The van der Waals surface area contributed by atoms with Crippen molar-refractivity contribution in [2.45, 2.75) is 42.7 Å². The minimum atomic E-state index is -4.29. The molecule has 1 amide bonds. The third-order valence-corrected chi connectivity index (χ3v) is 7.48. The maximum Gasteiger partial charge on any atom is 0.253 e. The number of aromatic nitrogens is 2. The summed E-state index contributed by atoms with van der Waals surface area (Å²) in [6.45, 7) is 6.70. The van der Waals surface area contributed by atoms with E-state index in [1.807, 2.05) is 18.7 Å². The number of sulfone groups is 1. The summed E-state index contributed by atoms with van der Waals surface area (Å²) in [5.74, 6) is -1.19. The number of ether oxygens (including phenoxy) is 1. The quantitative estimate of drug-likeness (QED) is 0.563. The normalized spacial score (nSPS) is 17.5. The fourth-order valence-corrected chi connectivity index (χ4v) is 5.80. The van der Waals surface area contributed by atoms with Crippen LogP contribution < -0.4 is 15.4 Å². The highest BCUT2D eigenvalue weighted by molar-refractivity contribution is 7.91. The van der Waals surface area contributed by atoms with Gasteiger partial charge in [-0.25, -0.2) is 22.8 Å². The molecule has 1 saturated heterocycles. The number of benzene rings is 1. The number of hydrogen-bond donors (Lipinski definition) is 1. The molecule has 2 N–H and O–H groups in total. The second-order valence-corrected chi connectivity index (χ2v) is 10.8. The lowest BCUT2D eigenvalue weighted by Crippen LogP contribution is -2.40. The molecule has 10 heteroatoms. The topological polar surface area (TPSA) is 115 Å². The van der Waals surface area contributed by atoms with Gasteiger partial charge in [0, 0.05) is 24.3 Å². The maximum atomic E-state index is 14.0. The molecule has 178 valence electrons. The van der Waals surface area contributed by atoms with Gasteiger partial charge in [-0.1, -0.05) is 25.1 Å². The molecule has 8 nitrogen and oxygen atoms in total. The highest BCUT2D eigenvalue weighted by atomic mass is 32.2. The second kappa shape index (κ2) is 8.68. The van der Waals surface area contributed by atoms with Gasteiger partial charge in [-0.2, -0.15) is 0 Å². The highest BCUT2D eigenvalue weighted by Gasteiger charge is 2.40. The van der Waals surface area contributed by atoms with Crippen molar-refractivity contribution in [3.63, 3.8) is 0 Å². The molecule has 4 rings (SSSR count). The van der Waals surface area contributed by atoms with E-state index in [1.54, 1.807) is 6.07 Å². The van der Waals surface area contributed by atoms with E-state index in [9.17, 15) is 17.6 Å². The standard InChI is InChI=1S/C24H25FN4O4S/c1-15-13-24(2,3)29(14-15)23-21(22(26)30)18(11-12-27-23)34(31,32)20-10-6-9-19(28-20)33-17-8-5-4-7-16(17)25/h4-12,15H,13-14H2,1-3H3,(H2,26,30). The smallest absolute Gasteiger partial charge is 0.253 e. The van der Waals surface area contributed by atoms with Crippen molar-refractivity contribution in [3.05, 3.63) is 66.1 Å². The minimum Gasteiger partial charge on any atom is -0.436 e. The number of primary amides is 1. The summed E-state index contributed by atoms with van der Waals surface area (Å²) < 4.78 is 46.6. The Labute approximate surface area is 197 Å². The highest BCUT2D eigenvalue weighted by Crippen LogP contribution is 2.39. The molecule has 1 aromatic carbocycles. The summed E-state index contributed by atoms with van der Waals surface area (Å²) in [5.41, 5.74) is 5.14. The van der Waals surface area contributed by atoms with Crippen LogP contribution in [-0.4, -0.2) is 36.4 Å². The average Bonchev–Trinajstić information content (AvgIpc) is 3.06. The number of nitrogens with zero attached hydrogens (tertiary/aromatic N) is 3. The van der Waals surface area contributed by atoms with E-state index in [-0.39, 0.29) is 38.5 Å². The number of nitrogens with two attached hydrogens (primary N) is 1. The zero-order valence-corrected chi connectivity index (χ0v) is 19.8. The van der Waals surface area contributed by atoms with Crippen LogP contribution >= 0.6 is 0 Å². The summed E-state index contributed by atoms with van der Waals surface area (Å²) in [5, 5.41) is -0.366. The zero-order chi connectivity index (χ0) is 24.7. The van der Waals surface area contributed by atoms with Crippen LogP contribution in [0, 0.1) is 11.7 Å². The summed E-state index contributed by atoms with van der Waals surface area (Å²) >= 11 is 0.